The van der Waals surface area contributed by atoms with Crippen molar-refractivity contribution in [2.45, 2.75) is 6.92 Å². The molecule has 3 aromatic rings. The van der Waals surface area contributed by atoms with E-state index in [1.54, 1.807) is 11.1 Å². The molecule has 0 atom stereocenters. The molecule has 1 amide bonds. The second-order valence-electron chi connectivity index (χ2n) is 6.47. The van der Waals surface area contributed by atoms with Crippen molar-refractivity contribution in [2.75, 3.05) is 31.1 Å². The molecule has 0 N–H and O–H groups in total. The number of piperazine rings is 1. The fourth-order valence-corrected chi connectivity index (χ4v) is 3.48. The van der Waals surface area contributed by atoms with E-state index in [1.165, 1.54) is 18.2 Å². The molecule has 1 aliphatic heterocycles. The van der Waals surface area contributed by atoms with Crippen molar-refractivity contribution in [1.29, 1.82) is 0 Å². The van der Waals surface area contributed by atoms with E-state index in [1.807, 2.05) is 34.7 Å². The van der Waals surface area contributed by atoms with Crippen LogP contribution in [0.2, 0.25) is 5.02 Å². The van der Waals surface area contributed by atoms with Crippen LogP contribution in [0.25, 0.3) is 5.82 Å². The number of carbonyl (C=O) groups is 1. The SMILES string of the molecule is Cc1nccn1-c1ccc(N2CCN(C(=O)c3c(F)cccc3Cl)CC2)nn1. The van der Waals surface area contributed by atoms with Crippen LogP contribution < -0.4 is 4.90 Å². The lowest BCUT2D eigenvalue weighted by atomic mass is 10.1. The Bertz CT molecular complexity index is 978. The smallest absolute Gasteiger partial charge is 0.258 e. The van der Waals surface area contributed by atoms with E-state index in [0.717, 1.165) is 11.6 Å². The standard InChI is InChI=1S/C19H18ClFN6O/c1-13-22-7-8-27(13)17-6-5-16(23-24-17)25-9-11-26(12-10-25)19(28)18-14(20)3-2-4-15(18)21/h2-8H,9-12H2,1H3. The Morgan fingerprint density at radius 2 is 1.79 bits per heavy atom. The molecular formula is C19H18ClFN6O. The van der Waals surface area contributed by atoms with Crippen molar-refractivity contribution >= 4 is 23.3 Å². The second kappa shape index (κ2) is 7.55. The molecule has 0 radical (unpaired) electrons. The fraction of sp³-hybridized carbons (Fsp3) is 0.263. The zero-order valence-electron chi connectivity index (χ0n) is 15.2. The zero-order chi connectivity index (χ0) is 19.7. The third kappa shape index (κ3) is 3.43. The highest BCUT2D eigenvalue weighted by molar-refractivity contribution is 6.33. The van der Waals surface area contributed by atoms with E-state index >= 15 is 0 Å². The number of anilines is 1. The molecule has 2 aromatic heterocycles. The number of nitrogens with zero attached hydrogens (tertiary/aromatic N) is 6. The predicted molar refractivity (Wildman–Crippen MR) is 103 cm³/mol. The molecule has 28 heavy (non-hydrogen) atoms. The topological polar surface area (TPSA) is 67.2 Å². The van der Waals surface area contributed by atoms with Crippen LogP contribution in [-0.2, 0) is 0 Å². The van der Waals surface area contributed by atoms with E-state index in [4.69, 9.17) is 11.6 Å². The summed E-state index contributed by atoms with van der Waals surface area (Å²) in [5, 5.41) is 8.69. The molecule has 7 nitrogen and oxygen atoms in total. The summed E-state index contributed by atoms with van der Waals surface area (Å²) >= 11 is 6.01. The zero-order valence-corrected chi connectivity index (χ0v) is 16.0. The highest BCUT2D eigenvalue weighted by Gasteiger charge is 2.26. The first-order valence-electron chi connectivity index (χ1n) is 8.87. The van der Waals surface area contributed by atoms with Crippen LogP contribution in [0.5, 0.6) is 0 Å². The minimum atomic E-state index is -0.601. The highest BCUT2D eigenvalue weighted by atomic mass is 35.5. The largest absolute Gasteiger partial charge is 0.352 e. The molecule has 0 unspecified atom stereocenters. The summed E-state index contributed by atoms with van der Waals surface area (Å²) in [7, 11) is 0. The third-order valence-corrected chi connectivity index (χ3v) is 5.09. The summed E-state index contributed by atoms with van der Waals surface area (Å²) in [6.45, 7) is 3.96. The lowest BCUT2D eigenvalue weighted by Crippen LogP contribution is -2.49. The van der Waals surface area contributed by atoms with Gasteiger partial charge in [0.1, 0.15) is 11.6 Å². The van der Waals surface area contributed by atoms with Crippen LogP contribution in [0.3, 0.4) is 0 Å². The quantitative estimate of drug-likeness (QED) is 0.676. The number of aryl methyl sites for hydroxylation is 1. The van der Waals surface area contributed by atoms with Gasteiger partial charge < -0.3 is 9.80 Å². The first-order valence-corrected chi connectivity index (χ1v) is 9.24. The number of imidazole rings is 1. The number of aromatic nitrogens is 4. The molecule has 0 saturated carbocycles. The van der Waals surface area contributed by atoms with E-state index in [9.17, 15) is 9.18 Å². The van der Waals surface area contributed by atoms with Crippen LogP contribution in [0.1, 0.15) is 16.2 Å². The van der Waals surface area contributed by atoms with Gasteiger partial charge in [0.05, 0.1) is 10.6 Å². The number of amides is 1. The molecule has 0 aliphatic carbocycles. The van der Waals surface area contributed by atoms with Crippen molar-refractivity contribution in [3.8, 4) is 5.82 Å². The van der Waals surface area contributed by atoms with Crippen molar-refractivity contribution < 1.29 is 9.18 Å². The maximum atomic E-state index is 14.0. The van der Waals surface area contributed by atoms with E-state index in [-0.39, 0.29) is 16.5 Å². The van der Waals surface area contributed by atoms with E-state index in [0.29, 0.717) is 32.0 Å². The van der Waals surface area contributed by atoms with Crippen LogP contribution in [-0.4, -0.2) is 56.7 Å². The van der Waals surface area contributed by atoms with Crippen molar-refractivity contribution in [1.82, 2.24) is 24.6 Å². The summed E-state index contributed by atoms with van der Waals surface area (Å²) in [5.74, 6) is 1.27. The van der Waals surface area contributed by atoms with Crippen LogP contribution in [0.15, 0.2) is 42.7 Å². The summed E-state index contributed by atoms with van der Waals surface area (Å²) < 4.78 is 15.9. The van der Waals surface area contributed by atoms with Gasteiger partial charge in [0, 0.05) is 38.6 Å². The Morgan fingerprint density at radius 1 is 1.07 bits per heavy atom. The fourth-order valence-electron chi connectivity index (χ4n) is 3.23. The minimum absolute atomic E-state index is 0.0718. The molecule has 1 fully saturated rings. The van der Waals surface area contributed by atoms with Gasteiger partial charge in [0.25, 0.3) is 5.91 Å². The Kier molecular flexibility index (Phi) is 4.95. The van der Waals surface area contributed by atoms with Gasteiger partial charge in [0.2, 0.25) is 0 Å². The van der Waals surface area contributed by atoms with Gasteiger partial charge in [-0.15, -0.1) is 10.2 Å². The van der Waals surface area contributed by atoms with Gasteiger partial charge in [-0.25, -0.2) is 9.37 Å². The number of carbonyl (C=O) groups excluding carboxylic acids is 1. The van der Waals surface area contributed by atoms with Gasteiger partial charge in [-0.2, -0.15) is 0 Å². The maximum absolute atomic E-state index is 14.0. The molecule has 0 bridgehead atoms. The summed E-state index contributed by atoms with van der Waals surface area (Å²) in [4.78, 5) is 20.5. The van der Waals surface area contributed by atoms with E-state index in [2.05, 4.69) is 15.2 Å². The Labute approximate surface area is 166 Å². The molecule has 1 aromatic carbocycles. The Hall–Kier alpha value is -3.00. The molecule has 4 rings (SSSR count). The molecule has 144 valence electrons. The number of halogens is 2. The van der Waals surface area contributed by atoms with Crippen molar-refractivity contribution in [3.05, 3.63) is 65.0 Å². The Balaban J connectivity index is 1.43. The first kappa shape index (κ1) is 18.4. The van der Waals surface area contributed by atoms with Gasteiger partial charge >= 0.3 is 0 Å². The normalized spacial score (nSPS) is 14.4. The third-order valence-electron chi connectivity index (χ3n) is 4.78. The maximum Gasteiger partial charge on any atom is 0.258 e. The van der Waals surface area contributed by atoms with Gasteiger partial charge in [-0.3, -0.25) is 9.36 Å². The average Bonchev–Trinajstić information content (AvgIpc) is 3.14. The number of hydrogen-bond acceptors (Lipinski definition) is 5. The molecule has 9 heteroatoms. The van der Waals surface area contributed by atoms with Crippen LogP contribution >= 0.6 is 11.6 Å². The molecule has 1 aliphatic rings. The molecule has 0 spiro atoms. The molecule has 1 saturated heterocycles. The van der Waals surface area contributed by atoms with Gasteiger partial charge in [-0.1, -0.05) is 17.7 Å². The van der Waals surface area contributed by atoms with Gasteiger partial charge in [-0.05, 0) is 31.2 Å². The molecular weight excluding hydrogens is 383 g/mol. The molecule has 3 heterocycles. The summed E-state index contributed by atoms with van der Waals surface area (Å²) in [6.07, 6.45) is 3.54. The minimum Gasteiger partial charge on any atom is -0.352 e. The Morgan fingerprint density at radius 3 is 2.39 bits per heavy atom. The second-order valence-corrected chi connectivity index (χ2v) is 6.88. The van der Waals surface area contributed by atoms with Crippen LogP contribution in [0.4, 0.5) is 10.2 Å². The number of benzene rings is 1. The van der Waals surface area contributed by atoms with Crippen molar-refractivity contribution in [2.24, 2.45) is 0 Å². The number of hydrogen-bond donors (Lipinski definition) is 0. The lowest BCUT2D eigenvalue weighted by molar-refractivity contribution is 0.0742. The predicted octanol–water partition coefficient (Wildman–Crippen LogP) is 2.73. The lowest BCUT2D eigenvalue weighted by Gasteiger charge is -2.35. The number of rotatable bonds is 3. The average molecular weight is 401 g/mol. The van der Waals surface area contributed by atoms with Crippen LogP contribution in [0, 0.1) is 12.7 Å². The monoisotopic (exact) mass is 400 g/mol. The highest BCUT2D eigenvalue weighted by Crippen LogP contribution is 2.22. The van der Waals surface area contributed by atoms with E-state index < -0.39 is 5.82 Å². The van der Waals surface area contributed by atoms with Crippen molar-refractivity contribution in [3.63, 3.8) is 0 Å². The van der Waals surface area contributed by atoms with Gasteiger partial charge in [0.15, 0.2) is 11.6 Å². The summed E-state index contributed by atoms with van der Waals surface area (Å²) in [5.41, 5.74) is -0.0718. The summed E-state index contributed by atoms with van der Waals surface area (Å²) in [6, 6.07) is 8.03. The first-order chi connectivity index (χ1) is 13.5.